The van der Waals surface area contributed by atoms with Crippen LogP contribution < -0.4 is 5.32 Å². The Hall–Kier alpha value is -2.95. The molecule has 2 aromatic carbocycles. The summed E-state index contributed by atoms with van der Waals surface area (Å²) in [6, 6.07) is 14.9. The summed E-state index contributed by atoms with van der Waals surface area (Å²) < 4.78 is 1.51. The maximum absolute atomic E-state index is 12.9. The minimum absolute atomic E-state index is 0.000574. The Morgan fingerprint density at radius 2 is 1.85 bits per heavy atom. The minimum atomic E-state index is -0.169. The third-order valence-corrected chi connectivity index (χ3v) is 6.53. The van der Waals surface area contributed by atoms with Gasteiger partial charge >= 0.3 is 0 Å². The van der Waals surface area contributed by atoms with Gasteiger partial charge in [-0.1, -0.05) is 35.5 Å². The zero-order valence-electron chi connectivity index (χ0n) is 18.1. The van der Waals surface area contributed by atoms with Crippen molar-refractivity contribution in [3.8, 4) is 0 Å². The zero-order valence-corrected chi connectivity index (χ0v) is 19.7. The number of aryl methyl sites for hydroxylation is 1. The lowest BCUT2D eigenvalue weighted by Gasteiger charge is -2.34. The number of aromatic nitrogens is 4. The second kappa shape index (κ2) is 10.8. The van der Waals surface area contributed by atoms with Crippen molar-refractivity contribution in [3.63, 3.8) is 0 Å². The largest absolute Gasteiger partial charge is 0.336 e. The second-order valence-electron chi connectivity index (χ2n) is 7.70. The molecular formula is C22H24ClN7O2S. The molecule has 1 N–H and O–H groups in total. The van der Waals surface area contributed by atoms with E-state index < -0.39 is 0 Å². The van der Waals surface area contributed by atoms with Crippen molar-refractivity contribution in [3.05, 3.63) is 64.7 Å². The number of amides is 2. The third kappa shape index (κ3) is 6.31. The van der Waals surface area contributed by atoms with Crippen LogP contribution in [0.1, 0.15) is 15.9 Å². The maximum Gasteiger partial charge on any atom is 0.253 e. The first-order valence-corrected chi connectivity index (χ1v) is 11.9. The van der Waals surface area contributed by atoms with E-state index in [0.29, 0.717) is 29.5 Å². The van der Waals surface area contributed by atoms with Crippen molar-refractivity contribution in [2.75, 3.05) is 37.2 Å². The van der Waals surface area contributed by atoms with Crippen molar-refractivity contribution >= 4 is 40.9 Å². The van der Waals surface area contributed by atoms with Gasteiger partial charge in [0.2, 0.25) is 11.1 Å². The predicted octanol–water partition coefficient (Wildman–Crippen LogP) is 2.55. The van der Waals surface area contributed by atoms with Crippen molar-refractivity contribution in [1.82, 2.24) is 30.0 Å². The SMILES string of the molecule is Cn1nnnc1SCC(=O)Nc1ccc(C(=O)N2CCN(Cc3cccc(Cl)c3)CC2)cc1. The highest BCUT2D eigenvalue weighted by Gasteiger charge is 2.22. The number of tetrazole rings is 1. The molecule has 3 aromatic rings. The normalized spacial score (nSPS) is 14.3. The molecule has 0 bridgehead atoms. The second-order valence-corrected chi connectivity index (χ2v) is 9.08. The average Bonchev–Trinajstić information content (AvgIpc) is 3.23. The highest BCUT2D eigenvalue weighted by Crippen LogP contribution is 2.17. The monoisotopic (exact) mass is 485 g/mol. The molecule has 1 aliphatic heterocycles. The van der Waals surface area contributed by atoms with E-state index in [-0.39, 0.29) is 17.6 Å². The van der Waals surface area contributed by atoms with Crippen molar-refractivity contribution in [2.45, 2.75) is 11.7 Å². The Morgan fingerprint density at radius 3 is 2.52 bits per heavy atom. The molecule has 0 aliphatic carbocycles. The highest BCUT2D eigenvalue weighted by molar-refractivity contribution is 7.99. The van der Waals surface area contributed by atoms with Gasteiger partial charge in [0.15, 0.2) is 0 Å². The number of piperazine rings is 1. The number of hydrogen-bond acceptors (Lipinski definition) is 7. The number of hydrogen-bond donors (Lipinski definition) is 1. The Morgan fingerprint density at radius 1 is 1.09 bits per heavy atom. The number of thioether (sulfide) groups is 1. The number of nitrogens with zero attached hydrogens (tertiary/aromatic N) is 6. The number of carbonyl (C=O) groups is 2. The lowest BCUT2D eigenvalue weighted by Crippen LogP contribution is -2.48. The maximum atomic E-state index is 12.9. The summed E-state index contributed by atoms with van der Waals surface area (Å²) in [6.45, 7) is 3.79. The quantitative estimate of drug-likeness (QED) is 0.514. The van der Waals surface area contributed by atoms with Crippen LogP contribution >= 0.6 is 23.4 Å². The number of anilines is 1. The number of carbonyl (C=O) groups excluding carboxylic acids is 2. The molecule has 33 heavy (non-hydrogen) atoms. The van der Waals surface area contributed by atoms with Crippen LogP contribution in [-0.2, 0) is 18.4 Å². The van der Waals surface area contributed by atoms with Gasteiger partial charge in [-0.2, -0.15) is 0 Å². The molecule has 0 radical (unpaired) electrons. The minimum Gasteiger partial charge on any atom is -0.336 e. The first kappa shape index (κ1) is 23.2. The lowest BCUT2D eigenvalue weighted by molar-refractivity contribution is -0.113. The van der Waals surface area contributed by atoms with E-state index in [2.05, 4.69) is 31.8 Å². The van der Waals surface area contributed by atoms with E-state index in [1.165, 1.54) is 22.0 Å². The van der Waals surface area contributed by atoms with E-state index in [9.17, 15) is 9.59 Å². The molecule has 4 rings (SSSR count). The van der Waals surface area contributed by atoms with Gasteiger partial charge in [-0.25, -0.2) is 4.68 Å². The fraction of sp³-hybridized carbons (Fsp3) is 0.318. The molecule has 172 valence electrons. The third-order valence-electron chi connectivity index (χ3n) is 5.28. The van der Waals surface area contributed by atoms with Gasteiger partial charge < -0.3 is 10.2 Å². The van der Waals surface area contributed by atoms with Crippen molar-refractivity contribution in [1.29, 1.82) is 0 Å². The lowest BCUT2D eigenvalue weighted by atomic mass is 10.1. The molecule has 9 nitrogen and oxygen atoms in total. The first-order valence-electron chi connectivity index (χ1n) is 10.5. The molecule has 1 aromatic heterocycles. The molecule has 2 heterocycles. The molecule has 1 saturated heterocycles. The van der Waals surface area contributed by atoms with E-state index in [1.54, 1.807) is 31.3 Å². The van der Waals surface area contributed by atoms with Gasteiger partial charge in [0.25, 0.3) is 5.91 Å². The van der Waals surface area contributed by atoms with E-state index >= 15 is 0 Å². The van der Waals surface area contributed by atoms with Crippen LogP contribution in [0.5, 0.6) is 0 Å². The molecule has 0 saturated carbocycles. The summed E-state index contributed by atoms with van der Waals surface area (Å²) in [6.07, 6.45) is 0. The fourth-order valence-corrected chi connectivity index (χ4v) is 4.41. The molecule has 0 spiro atoms. The molecule has 0 unspecified atom stereocenters. The number of nitrogens with one attached hydrogen (secondary N) is 1. The highest BCUT2D eigenvalue weighted by atomic mass is 35.5. The van der Waals surface area contributed by atoms with Crippen LogP contribution in [0.2, 0.25) is 5.02 Å². The standard InChI is InChI=1S/C22H24ClN7O2S/c1-28-22(25-26-27-28)33-15-20(31)24-19-7-5-17(6-8-19)21(32)30-11-9-29(10-12-30)14-16-3-2-4-18(23)13-16/h2-8,13H,9-12,14-15H2,1H3,(H,24,31). The first-order chi connectivity index (χ1) is 16.0. The summed E-state index contributed by atoms with van der Waals surface area (Å²) in [5.74, 6) is 0.0208. The molecular weight excluding hydrogens is 462 g/mol. The molecule has 2 amide bonds. The topological polar surface area (TPSA) is 96.2 Å². The summed E-state index contributed by atoms with van der Waals surface area (Å²) >= 11 is 7.33. The van der Waals surface area contributed by atoms with Gasteiger partial charge in [0.05, 0.1) is 5.75 Å². The van der Waals surface area contributed by atoms with Crippen LogP contribution in [0.4, 0.5) is 5.69 Å². The fourth-order valence-electron chi connectivity index (χ4n) is 3.55. The van der Waals surface area contributed by atoms with Crippen LogP contribution in [0.25, 0.3) is 0 Å². The van der Waals surface area contributed by atoms with Crippen LogP contribution in [0.3, 0.4) is 0 Å². The van der Waals surface area contributed by atoms with E-state index in [1.807, 2.05) is 23.1 Å². The van der Waals surface area contributed by atoms with Gasteiger partial charge in [0, 0.05) is 56.0 Å². The Kier molecular flexibility index (Phi) is 7.58. The summed E-state index contributed by atoms with van der Waals surface area (Å²) in [4.78, 5) is 29.2. The van der Waals surface area contributed by atoms with Gasteiger partial charge in [-0.15, -0.1) is 5.10 Å². The Balaban J connectivity index is 1.24. The van der Waals surface area contributed by atoms with Gasteiger partial charge in [0.1, 0.15) is 0 Å². The Bertz CT molecular complexity index is 1110. The van der Waals surface area contributed by atoms with Crippen molar-refractivity contribution < 1.29 is 9.59 Å². The van der Waals surface area contributed by atoms with Crippen LogP contribution in [0, 0.1) is 0 Å². The van der Waals surface area contributed by atoms with Crippen LogP contribution in [0.15, 0.2) is 53.7 Å². The molecule has 1 aliphatic rings. The molecule has 1 fully saturated rings. The van der Waals surface area contributed by atoms with Crippen LogP contribution in [-0.4, -0.2) is 73.8 Å². The molecule has 11 heteroatoms. The zero-order chi connectivity index (χ0) is 23.2. The Labute approximate surface area is 201 Å². The van der Waals surface area contributed by atoms with E-state index in [0.717, 1.165) is 24.7 Å². The number of halogens is 1. The van der Waals surface area contributed by atoms with Gasteiger partial charge in [-0.3, -0.25) is 14.5 Å². The number of rotatable bonds is 7. The van der Waals surface area contributed by atoms with E-state index in [4.69, 9.17) is 11.6 Å². The number of benzene rings is 2. The predicted molar refractivity (Wildman–Crippen MR) is 127 cm³/mol. The van der Waals surface area contributed by atoms with Gasteiger partial charge in [-0.05, 0) is 52.4 Å². The summed E-state index contributed by atoms with van der Waals surface area (Å²) in [5.41, 5.74) is 2.42. The molecule has 0 atom stereocenters. The average molecular weight is 486 g/mol. The summed E-state index contributed by atoms with van der Waals surface area (Å²) in [7, 11) is 1.72. The summed E-state index contributed by atoms with van der Waals surface area (Å²) in [5, 5.41) is 15.2. The van der Waals surface area contributed by atoms with Crippen molar-refractivity contribution in [2.24, 2.45) is 7.05 Å². The smallest absolute Gasteiger partial charge is 0.253 e.